The molecule has 0 saturated carbocycles. The summed E-state index contributed by atoms with van der Waals surface area (Å²) >= 11 is 0. The largest absolute Gasteiger partial charge is 0.481 e. The molecule has 0 aliphatic rings. The molecule has 0 fully saturated rings. The van der Waals surface area contributed by atoms with E-state index < -0.39 is 11.9 Å². The Kier molecular flexibility index (Phi) is 3.92. The third-order valence-electron chi connectivity index (χ3n) is 3.24. The van der Waals surface area contributed by atoms with Crippen LogP contribution in [0.15, 0.2) is 36.7 Å². The number of aromatic nitrogens is 1. The number of carbonyl (C=O) groups is 1. The van der Waals surface area contributed by atoms with Crippen molar-refractivity contribution >= 4 is 16.7 Å². The minimum Gasteiger partial charge on any atom is -0.481 e. The van der Waals surface area contributed by atoms with E-state index in [0.717, 1.165) is 29.2 Å². The minimum atomic E-state index is -0.750. The van der Waals surface area contributed by atoms with Crippen LogP contribution < -0.4 is 0 Å². The SMILES string of the molecule is CCCCC(C(=O)O)c1cccc2ccncc12. The van der Waals surface area contributed by atoms with E-state index in [9.17, 15) is 9.90 Å². The molecular weight excluding hydrogens is 226 g/mol. The van der Waals surface area contributed by atoms with E-state index in [-0.39, 0.29) is 0 Å². The number of benzene rings is 1. The van der Waals surface area contributed by atoms with Crippen LogP contribution in [-0.2, 0) is 4.79 Å². The first-order valence-electron chi connectivity index (χ1n) is 6.29. The van der Waals surface area contributed by atoms with Crippen LogP contribution in [-0.4, -0.2) is 16.1 Å². The Labute approximate surface area is 106 Å². The van der Waals surface area contributed by atoms with Crippen LogP contribution >= 0.6 is 0 Å². The standard InChI is InChI=1S/C15H17NO2/c1-2-3-6-13(15(17)18)12-7-4-5-11-8-9-16-10-14(11)12/h4-5,7-10,13H,2-3,6H2,1H3,(H,17,18). The van der Waals surface area contributed by atoms with Crippen LogP contribution in [0.5, 0.6) is 0 Å². The van der Waals surface area contributed by atoms with Gasteiger partial charge in [0.15, 0.2) is 0 Å². The Bertz CT molecular complexity index is 546. The van der Waals surface area contributed by atoms with Crippen LogP contribution in [0.25, 0.3) is 10.8 Å². The van der Waals surface area contributed by atoms with Gasteiger partial charge in [-0.3, -0.25) is 9.78 Å². The summed E-state index contributed by atoms with van der Waals surface area (Å²) < 4.78 is 0. The van der Waals surface area contributed by atoms with Gasteiger partial charge in [0.2, 0.25) is 0 Å². The highest BCUT2D eigenvalue weighted by molar-refractivity contribution is 5.90. The summed E-state index contributed by atoms with van der Waals surface area (Å²) in [6.07, 6.45) is 6.10. The number of aliphatic carboxylic acids is 1. The van der Waals surface area contributed by atoms with Crippen molar-refractivity contribution in [1.29, 1.82) is 0 Å². The van der Waals surface area contributed by atoms with Gasteiger partial charge in [-0.05, 0) is 23.4 Å². The van der Waals surface area contributed by atoms with Gasteiger partial charge in [-0.2, -0.15) is 0 Å². The molecule has 1 atom stereocenters. The van der Waals surface area contributed by atoms with E-state index in [1.807, 2.05) is 24.3 Å². The molecular formula is C15H17NO2. The van der Waals surface area contributed by atoms with Crippen molar-refractivity contribution in [2.75, 3.05) is 0 Å². The van der Waals surface area contributed by atoms with Gasteiger partial charge >= 0.3 is 5.97 Å². The summed E-state index contributed by atoms with van der Waals surface area (Å²) in [5, 5.41) is 11.4. The van der Waals surface area contributed by atoms with Crippen molar-refractivity contribution < 1.29 is 9.90 Å². The van der Waals surface area contributed by atoms with E-state index in [1.54, 1.807) is 12.4 Å². The van der Waals surface area contributed by atoms with Crippen molar-refractivity contribution in [3.8, 4) is 0 Å². The lowest BCUT2D eigenvalue weighted by Gasteiger charge is -2.14. The van der Waals surface area contributed by atoms with Crippen LogP contribution in [0.3, 0.4) is 0 Å². The first-order chi connectivity index (χ1) is 8.74. The Balaban J connectivity index is 2.46. The molecule has 0 spiro atoms. The smallest absolute Gasteiger partial charge is 0.310 e. The van der Waals surface area contributed by atoms with E-state index in [1.165, 1.54) is 0 Å². The van der Waals surface area contributed by atoms with Crippen molar-refractivity contribution in [3.63, 3.8) is 0 Å². The first kappa shape index (κ1) is 12.6. The van der Waals surface area contributed by atoms with Gasteiger partial charge in [0.25, 0.3) is 0 Å². The highest BCUT2D eigenvalue weighted by Gasteiger charge is 2.21. The number of hydrogen-bond donors (Lipinski definition) is 1. The summed E-state index contributed by atoms with van der Waals surface area (Å²) in [7, 11) is 0. The van der Waals surface area contributed by atoms with Crippen LogP contribution in [0.1, 0.15) is 37.7 Å². The second-order valence-corrected chi connectivity index (χ2v) is 4.48. The van der Waals surface area contributed by atoms with E-state index in [2.05, 4.69) is 11.9 Å². The van der Waals surface area contributed by atoms with Gasteiger partial charge in [0, 0.05) is 17.8 Å². The minimum absolute atomic E-state index is 0.433. The number of carboxylic acids is 1. The Morgan fingerprint density at radius 2 is 2.22 bits per heavy atom. The number of pyridine rings is 1. The van der Waals surface area contributed by atoms with E-state index in [0.29, 0.717) is 6.42 Å². The highest BCUT2D eigenvalue weighted by Crippen LogP contribution is 2.28. The predicted octanol–water partition coefficient (Wildman–Crippen LogP) is 3.59. The van der Waals surface area contributed by atoms with Crippen LogP contribution in [0, 0.1) is 0 Å². The van der Waals surface area contributed by atoms with E-state index in [4.69, 9.17) is 0 Å². The van der Waals surface area contributed by atoms with Gasteiger partial charge in [0.1, 0.15) is 0 Å². The molecule has 0 saturated heterocycles. The summed E-state index contributed by atoms with van der Waals surface area (Å²) in [6.45, 7) is 2.07. The fourth-order valence-corrected chi connectivity index (χ4v) is 2.26. The molecule has 0 aliphatic carbocycles. The number of carboxylic acid groups (broad SMARTS) is 1. The third kappa shape index (κ3) is 2.50. The Morgan fingerprint density at radius 1 is 1.39 bits per heavy atom. The zero-order chi connectivity index (χ0) is 13.0. The maximum absolute atomic E-state index is 11.4. The monoisotopic (exact) mass is 243 g/mol. The molecule has 1 N–H and O–H groups in total. The zero-order valence-electron chi connectivity index (χ0n) is 10.5. The van der Waals surface area contributed by atoms with Crippen molar-refractivity contribution in [3.05, 3.63) is 42.2 Å². The molecule has 2 aromatic rings. The topological polar surface area (TPSA) is 50.2 Å². The predicted molar refractivity (Wildman–Crippen MR) is 71.6 cm³/mol. The molecule has 0 radical (unpaired) electrons. The molecule has 1 heterocycles. The van der Waals surface area contributed by atoms with E-state index >= 15 is 0 Å². The first-order valence-corrected chi connectivity index (χ1v) is 6.29. The summed E-state index contributed by atoms with van der Waals surface area (Å²) in [6, 6.07) is 7.72. The summed E-state index contributed by atoms with van der Waals surface area (Å²) in [5.74, 6) is -1.18. The molecule has 94 valence electrons. The lowest BCUT2D eigenvalue weighted by atomic mass is 9.90. The fraction of sp³-hybridized carbons (Fsp3) is 0.333. The number of hydrogen-bond acceptors (Lipinski definition) is 2. The zero-order valence-corrected chi connectivity index (χ0v) is 10.5. The molecule has 3 nitrogen and oxygen atoms in total. The number of unbranched alkanes of at least 4 members (excludes halogenated alkanes) is 1. The number of nitrogens with zero attached hydrogens (tertiary/aromatic N) is 1. The average molecular weight is 243 g/mol. The normalized spacial score (nSPS) is 12.5. The average Bonchev–Trinajstić information content (AvgIpc) is 2.39. The summed E-state index contributed by atoms with van der Waals surface area (Å²) in [5.41, 5.74) is 0.876. The van der Waals surface area contributed by atoms with Gasteiger partial charge in [-0.25, -0.2) is 0 Å². The molecule has 1 unspecified atom stereocenters. The molecule has 0 amide bonds. The maximum atomic E-state index is 11.4. The third-order valence-corrected chi connectivity index (χ3v) is 3.24. The molecule has 0 aliphatic heterocycles. The van der Waals surface area contributed by atoms with Crippen LogP contribution in [0.4, 0.5) is 0 Å². The molecule has 3 heteroatoms. The van der Waals surface area contributed by atoms with Crippen LogP contribution in [0.2, 0.25) is 0 Å². The lowest BCUT2D eigenvalue weighted by molar-refractivity contribution is -0.139. The highest BCUT2D eigenvalue weighted by atomic mass is 16.4. The van der Waals surface area contributed by atoms with Crippen molar-refractivity contribution in [2.45, 2.75) is 32.1 Å². The molecule has 1 aromatic heterocycles. The van der Waals surface area contributed by atoms with Crippen molar-refractivity contribution in [2.24, 2.45) is 0 Å². The van der Waals surface area contributed by atoms with Crippen molar-refractivity contribution in [1.82, 2.24) is 4.98 Å². The fourth-order valence-electron chi connectivity index (χ4n) is 2.26. The molecule has 2 rings (SSSR count). The summed E-state index contributed by atoms with van der Waals surface area (Å²) in [4.78, 5) is 15.5. The maximum Gasteiger partial charge on any atom is 0.310 e. The number of rotatable bonds is 5. The van der Waals surface area contributed by atoms with Gasteiger partial charge in [0.05, 0.1) is 5.92 Å². The second kappa shape index (κ2) is 5.63. The molecule has 1 aromatic carbocycles. The Morgan fingerprint density at radius 3 is 2.94 bits per heavy atom. The molecule has 18 heavy (non-hydrogen) atoms. The molecule has 0 bridgehead atoms. The van der Waals surface area contributed by atoms with Gasteiger partial charge in [-0.15, -0.1) is 0 Å². The second-order valence-electron chi connectivity index (χ2n) is 4.48. The quantitative estimate of drug-likeness (QED) is 0.873. The number of fused-ring (bicyclic) bond motifs is 1. The lowest BCUT2D eigenvalue weighted by Crippen LogP contribution is -2.12. The van der Waals surface area contributed by atoms with Gasteiger partial charge in [-0.1, -0.05) is 38.0 Å². The van der Waals surface area contributed by atoms with Gasteiger partial charge < -0.3 is 5.11 Å². The Hall–Kier alpha value is -1.90.